The Morgan fingerprint density at radius 1 is 1.12 bits per heavy atom. The number of aliphatic hydroxyl groups is 1. The predicted octanol–water partition coefficient (Wildman–Crippen LogP) is 3.60. The molecule has 8 nitrogen and oxygen atoms in total. The molecular formula is C24H32O8. The Morgan fingerprint density at radius 3 is 2.66 bits per heavy atom. The van der Waals surface area contributed by atoms with Gasteiger partial charge in [0.1, 0.15) is 0 Å². The average molecular weight is 449 g/mol. The van der Waals surface area contributed by atoms with E-state index in [-0.39, 0.29) is 30.6 Å². The van der Waals surface area contributed by atoms with Crippen molar-refractivity contribution >= 4 is 5.97 Å². The fourth-order valence-corrected chi connectivity index (χ4v) is 6.30. The Morgan fingerprint density at radius 2 is 1.91 bits per heavy atom. The molecule has 0 amide bonds. The van der Waals surface area contributed by atoms with Crippen molar-refractivity contribution in [3.05, 3.63) is 34.9 Å². The lowest BCUT2D eigenvalue weighted by Crippen LogP contribution is -2.70. The minimum Gasteiger partial charge on any atom is -0.478 e. The number of fused-ring (bicyclic) bond motifs is 2. The van der Waals surface area contributed by atoms with E-state index < -0.39 is 29.9 Å². The topological polar surface area (TPSA) is 104 Å². The van der Waals surface area contributed by atoms with Crippen LogP contribution in [-0.2, 0) is 37.2 Å². The Balaban J connectivity index is 1.39. The first-order valence-corrected chi connectivity index (χ1v) is 11.5. The summed E-state index contributed by atoms with van der Waals surface area (Å²) in [6, 6.07) is 4.78. The molecule has 0 radical (unpaired) electrons. The molecule has 0 unspecified atom stereocenters. The molecule has 4 saturated heterocycles. The molecule has 4 aliphatic heterocycles. The van der Waals surface area contributed by atoms with Gasteiger partial charge < -0.3 is 24.4 Å². The van der Waals surface area contributed by atoms with Crippen LogP contribution in [0, 0.1) is 23.7 Å². The number of aliphatic hydroxyl groups excluding tert-OH is 1. The minimum atomic E-state index is -1.04. The molecule has 8 heteroatoms. The van der Waals surface area contributed by atoms with Crippen LogP contribution in [0.1, 0.15) is 67.9 Å². The van der Waals surface area contributed by atoms with Gasteiger partial charge in [0.25, 0.3) is 0 Å². The molecule has 0 aromatic heterocycles. The summed E-state index contributed by atoms with van der Waals surface area (Å²) in [5.74, 6) is -0.900. The number of rotatable bonds is 5. The van der Waals surface area contributed by atoms with Crippen LogP contribution in [0.25, 0.3) is 0 Å². The van der Waals surface area contributed by atoms with E-state index in [2.05, 4.69) is 13.8 Å². The van der Waals surface area contributed by atoms with Gasteiger partial charge >= 0.3 is 5.97 Å². The average Bonchev–Trinajstić information content (AvgIpc) is 3.01. The van der Waals surface area contributed by atoms with Gasteiger partial charge in [0.15, 0.2) is 18.2 Å². The van der Waals surface area contributed by atoms with Crippen molar-refractivity contribution in [3.63, 3.8) is 0 Å². The van der Waals surface area contributed by atoms with Crippen LogP contribution in [-0.4, -0.2) is 40.2 Å². The second-order valence-electron chi connectivity index (χ2n) is 10.1. The number of ether oxygens (including phenoxy) is 3. The Bertz CT molecular complexity index is 889. The van der Waals surface area contributed by atoms with Gasteiger partial charge in [-0.15, -0.1) is 0 Å². The van der Waals surface area contributed by atoms with E-state index in [1.807, 2.05) is 6.92 Å². The SMILES string of the molecule is C[C@H]1[C@@H](OCc2cc(CO)cc(C(=O)O)c2)O[C@@H]2O[C@]3(C)CC[C@H]4[C@H](C)CC[C@@H]1[C@@]24OO3. The molecule has 1 aliphatic carbocycles. The van der Waals surface area contributed by atoms with Gasteiger partial charge in [0.2, 0.25) is 5.79 Å². The standard InChI is InChI=1S/C24H32O8/c1-13-4-5-19-14(2)21(28-12-16-8-15(11-25)9-17(10-16)20(26)27)29-22-24(19)18(13)6-7-23(3,30-22)31-32-24/h8-10,13-14,18-19,21-22,25H,4-7,11-12H2,1-3H3,(H,26,27)/t13-,14-,18+,19+,21+,22-,23+,24-/m1/s1. The van der Waals surface area contributed by atoms with E-state index in [4.69, 9.17) is 24.0 Å². The number of carboxylic acid groups (broad SMARTS) is 1. The first kappa shape index (κ1) is 22.3. The lowest BCUT2D eigenvalue weighted by molar-refractivity contribution is -0.577. The molecule has 1 saturated carbocycles. The van der Waals surface area contributed by atoms with E-state index in [0.29, 0.717) is 23.0 Å². The number of carboxylic acids is 1. The van der Waals surface area contributed by atoms with Crippen LogP contribution in [0.15, 0.2) is 18.2 Å². The van der Waals surface area contributed by atoms with Crippen LogP contribution in [0.3, 0.4) is 0 Å². The zero-order valence-electron chi connectivity index (χ0n) is 18.8. The molecule has 4 heterocycles. The quantitative estimate of drug-likeness (QED) is 0.659. The van der Waals surface area contributed by atoms with Crippen LogP contribution in [0.2, 0.25) is 0 Å². The molecule has 8 atom stereocenters. The third-order valence-corrected chi connectivity index (χ3v) is 7.99. The Kier molecular flexibility index (Phi) is 5.59. The van der Waals surface area contributed by atoms with E-state index >= 15 is 0 Å². The largest absolute Gasteiger partial charge is 0.478 e. The van der Waals surface area contributed by atoms with Gasteiger partial charge in [-0.2, -0.15) is 0 Å². The zero-order chi connectivity index (χ0) is 22.7. The van der Waals surface area contributed by atoms with Crippen molar-refractivity contribution in [2.24, 2.45) is 23.7 Å². The first-order chi connectivity index (χ1) is 15.3. The van der Waals surface area contributed by atoms with Crippen molar-refractivity contribution in [1.82, 2.24) is 0 Å². The molecule has 1 spiro atoms. The summed E-state index contributed by atoms with van der Waals surface area (Å²) in [4.78, 5) is 23.4. The maximum atomic E-state index is 11.4. The normalized spacial score (nSPS) is 42.9. The molecule has 6 rings (SSSR count). The number of aromatic carboxylic acids is 1. The zero-order valence-corrected chi connectivity index (χ0v) is 18.8. The summed E-state index contributed by atoms with van der Waals surface area (Å²) in [6.45, 7) is 6.22. The molecule has 2 bridgehead atoms. The molecule has 1 aromatic rings. The van der Waals surface area contributed by atoms with E-state index in [0.717, 1.165) is 25.7 Å². The monoisotopic (exact) mass is 448 g/mol. The van der Waals surface area contributed by atoms with Gasteiger partial charge in [-0.1, -0.05) is 19.9 Å². The number of hydrogen-bond donors (Lipinski definition) is 2. The number of carbonyl (C=O) groups is 1. The summed E-state index contributed by atoms with van der Waals surface area (Å²) in [6.07, 6.45) is 2.70. The van der Waals surface area contributed by atoms with Crippen LogP contribution >= 0.6 is 0 Å². The first-order valence-electron chi connectivity index (χ1n) is 11.5. The molecular weight excluding hydrogens is 416 g/mol. The second-order valence-corrected chi connectivity index (χ2v) is 10.1. The van der Waals surface area contributed by atoms with Crippen LogP contribution in [0.4, 0.5) is 0 Å². The van der Waals surface area contributed by atoms with Crippen molar-refractivity contribution in [3.8, 4) is 0 Å². The highest BCUT2D eigenvalue weighted by atomic mass is 17.3. The van der Waals surface area contributed by atoms with Gasteiger partial charge in [-0.25, -0.2) is 14.6 Å². The van der Waals surface area contributed by atoms with Crippen molar-refractivity contribution in [2.75, 3.05) is 0 Å². The molecule has 5 aliphatic rings. The van der Waals surface area contributed by atoms with E-state index in [9.17, 15) is 15.0 Å². The van der Waals surface area contributed by atoms with Crippen molar-refractivity contribution < 1.29 is 39.0 Å². The molecule has 1 aromatic carbocycles. The third kappa shape index (κ3) is 3.48. The van der Waals surface area contributed by atoms with Gasteiger partial charge in [0.05, 0.1) is 18.8 Å². The maximum Gasteiger partial charge on any atom is 0.335 e. The van der Waals surface area contributed by atoms with E-state index in [1.54, 1.807) is 12.1 Å². The fraction of sp³-hybridized carbons (Fsp3) is 0.708. The van der Waals surface area contributed by atoms with Gasteiger partial charge in [0, 0.05) is 18.3 Å². The lowest BCUT2D eigenvalue weighted by atomic mass is 9.58. The molecule has 176 valence electrons. The molecule has 32 heavy (non-hydrogen) atoms. The van der Waals surface area contributed by atoms with E-state index in [1.165, 1.54) is 6.07 Å². The van der Waals surface area contributed by atoms with Gasteiger partial charge in [-0.3, -0.25) is 0 Å². The van der Waals surface area contributed by atoms with Crippen LogP contribution in [0.5, 0.6) is 0 Å². The Hall–Kier alpha value is -1.55. The minimum absolute atomic E-state index is 0.0378. The summed E-state index contributed by atoms with van der Waals surface area (Å²) < 4.78 is 18.9. The smallest absolute Gasteiger partial charge is 0.335 e. The highest BCUT2D eigenvalue weighted by molar-refractivity contribution is 5.88. The Labute approximate surface area is 187 Å². The fourth-order valence-electron chi connectivity index (χ4n) is 6.30. The highest BCUT2D eigenvalue weighted by Gasteiger charge is 2.69. The van der Waals surface area contributed by atoms with Crippen molar-refractivity contribution in [1.29, 1.82) is 0 Å². The second kappa shape index (κ2) is 8.04. The summed E-state index contributed by atoms with van der Waals surface area (Å²) in [5.41, 5.74) is 0.695. The molecule has 5 fully saturated rings. The maximum absolute atomic E-state index is 11.4. The predicted molar refractivity (Wildman–Crippen MR) is 111 cm³/mol. The number of benzene rings is 1. The van der Waals surface area contributed by atoms with Gasteiger partial charge in [-0.05, 0) is 61.3 Å². The lowest BCUT2D eigenvalue weighted by Gasteiger charge is -2.60. The highest BCUT2D eigenvalue weighted by Crippen LogP contribution is 2.60. The third-order valence-electron chi connectivity index (χ3n) is 7.99. The number of hydrogen-bond acceptors (Lipinski definition) is 7. The summed E-state index contributed by atoms with van der Waals surface area (Å²) >= 11 is 0. The summed E-state index contributed by atoms with van der Waals surface area (Å²) in [5, 5.41) is 18.8. The molecule has 2 N–H and O–H groups in total. The van der Waals surface area contributed by atoms with Crippen molar-refractivity contribution in [2.45, 2.75) is 83.6 Å². The van der Waals surface area contributed by atoms with Crippen LogP contribution < -0.4 is 0 Å². The summed E-state index contributed by atoms with van der Waals surface area (Å²) in [7, 11) is 0.